The molecule has 0 saturated heterocycles. The minimum atomic E-state index is -0.295. The lowest BCUT2D eigenvalue weighted by Crippen LogP contribution is -2.28. The van der Waals surface area contributed by atoms with Gasteiger partial charge < -0.3 is 5.32 Å². The second kappa shape index (κ2) is 6.73. The molecule has 0 spiro atoms. The van der Waals surface area contributed by atoms with E-state index in [-0.39, 0.29) is 17.6 Å². The van der Waals surface area contributed by atoms with E-state index in [1.807, 2.05) is 27.7 Å². The van der Waals surface area contributed by atoms with Crippen molar-refractivity contribution in [2.45, 2.75) is 33.6 Å². The Morgan fingerprint density at radius 1 is 1.23 bits per heavy atom. The first-order chi connectivity index (χ1) is 10.4. The molecule has 4 nitrogen and oxygen atoms in total. The summed E-state index contributed by atoms with van der Waals surface area (Å²) < 4.78 is 14.8. The number of hydrogen-bond donors (Lipinski definition) is 1. The Hall–Kier alpha value is -2.17. The van der Waals surface area contributed by atoms with Crippen LogP contribution in [0.5, 0.6) is 0 Å². The van der Waals surface area contributed by atoms with Gasteiger partial charge in [-0.3, -0.25) is 4.79 Å². The van der Waals surface area contributed by atoms with Crippen molar-refractivity contribution in [3.05, 3.63) is 47.5 Å². The highest BCUT2D eigenvalue weighted by molar-refractivity contribution is 5.95. The van der Waals surface area contributed by atoms with Crippen LogP contribution in [0.1, 0.15) is 49.7 Å². The van der Waals surface area contributed by atoms with Gasteiger partial charge in [-0.1, -0.05) is 27.7 Å². The molecule has 0 aliphatic rings. The molecule has 5 heteroatoms. The predicted molar refractivity (Wildman–Crippen MR) is 84.8 cm³/mol. The maximum absolute atomic E-state index is 13.1. The summed E-state index contributed by atoms with van der Waals surface area (Å²) in [7, 11) is 0. The monoisotopic (exact) mass is 303 g/mol. The van der Waals surface area contributed by atoms with Crippen LogP contribution < -0.4 is 5.32 Å². The molecule has 0 aliphatic carbocycles. The van der Waals surface area contributed by atoms with Crippen LogP contribution in [0.4, 0.5) is 4.39 Å². The standard InChI is InChI=1S/C17H22FN3O/c1-11(2)9-19-17(22)15-10-20-21(16(15)12(3)4)14-7-5-13(18)6-8-14/h5-8,10-12H,9H2,1-4H3,(H,19,22). The highest BCUT2D eigenvalue weighted by Gasteiger charge is 2.20. The molecule has 2 aromatic rings. The number of hydrogen-bond acceptors (Lipinski definition) is 2. The zero-order chi connectivity index (χ0) is 16.3. The molecule has 1 heterocycles. The summed E-state index contributed by atoms with van der Waals surface area (Å²) in [6.07, 6.45) is 1.58. The molecule has 0 fully saturated rings. The van der Waals surface area contributed by atoms with Gasteiger partial charge in [0.2, 0.25) is 0 Å². The quantitative estimate of drug-likeness (QED) is 0.918. The van der Waals surface area contributed by atoms with Crippen molar-refractivity contribution in [2.24, 2.45) is 5.92 Å². The fraction of sp³-hybridized carbons (Fsp3) is 0.412. The highest BCUT2D eigenvalue weighted by Crippen LogP contribution is 2.23. The van der Waals surface area contributed by atoms with E-state index in [0.29, 0.717) is 18.0 Å². The fourth-order valence-electron chi connectivity index (χ4n) is 2.27. The van der Waals surface area contributed by atoms with Gasteiger partial charge in [-0.15, -0.1) is 0 Å². The van der Waals surface area contributed by atoms with Crippen LogP contribution in [0.2, 0.25) is 0 Å². The third-order valence-corrected chi connectivity index (χ3v) is 3.34. The van der Waals surface area contributed by atoms with Gasteiger partial charge >= 0.3 is 0 Å². The molecule has 0 atom stereocenters. The van der Waals surface area contributed by atoms with E-state index < -0.39 is 0 Å². The molecule has 22 heavy (non-hydrogen) atoms. The summed E-state index contributed by atoms with van der Waals surface area (Å²) in [5.41, 5.74) is 2.14. The summed E-state index contributed by atoms with van der Waals surface area (Å²) in [5.74, 6) is 0.0913. The molecule has 0 aliphatic heterocycles. The minimum absolute atomic E-state index is 0.118. The van der Waals surface area contributed by atoms with Gasteiger partial charge in [0.1, 0.15) is 5.82 Å². The van der Waals surface area contributed by atoms with E-state index in [1.165, 1.54) is 12.1 Å². The third kappa shape index (κ3) is 3.53. The molecule has 1 aromatic carbocycles. The SMILES string of the molecule is CC(C)CNC(=O)c1cnn(-c2ccc(F)cc2)c1C(C)C. The lowest BCUT2D eigenvalue weighted by molar-refractivity contribution is 0.0947. The number of nitrogens with one attached hydrogen (secondary N) is 1. The van der Waals surface area contributed by atoms with Crippen LogP contribution in [0, 0.1) is 11.7 Å². The van der Waals surface area contributed by atoms with Crippen LogP contribution in [0.15, 0.2) is 30.5 Å². The number of carbonyl (C=O) groups is 1. The van der Waals surface area contributed by atoms with Crippen LogP contribution in [-0.2, 0) is 0 Å². The predicted octanol–water partition coefficient (Wildman–Crippen LogP) is 3.52. The average Bonchev–Trinajstić information content (AvgIpc) is 2.90. The number of amides is 1. The van der Waals surface area contributed by atoms with E-state index in [2.05, 4.69) is 10.4 Å². The van der Waals surface area contributed by atoms with Gasteiger partial charge in [-0.25, -0.2) is 9.07 Å². The summed E-state index contributed by atoms with van der Waals surface area (Å²) in [4.78, 5) is 12.3. The largest absolute Gasteiger partial charge is 0.352 e. The molecule has 1 amide bonds. The van der Waals surface area contributed by atoms with Gasteiger partial charge in [0, 0.05) is 6.54 Å². The van der Waals surface area contributed by atoms with E-state index in [1.54, 1.807) is 23.0 Å². The summed E-state index contributed by atoms with van der Waals surface area (Å²) in [5, 5.41) is 7.23. The van der Waals surface area contributed by atoms with E-state index in [4.69, 9.17) is 0 Å². The molecule has 0 saturated carbocycles. The number of halogens is 1. The number of benzene rings is 1. The Bertz CT molecular complexity index is 644. The van der Waals surface area contributed by atoms with Gasteiger partial charge in [-0.05, 0) is 36.1 Å². The summed E-state index contributed by atoms with van der Waals surface area (Å²) in [6, 6.07) is 6.09. The maximum atomic E-state index is 13.1. The van der Waals surface area contributed by atoms with Crippen molar-refractivity contribution in [3.63, 3.8) is 0 Å². The fourth-order valence-corrected chi connectivity index (χ4v) is 2.27. The van der Waals surface area contributed by atoms with Crippen molar-refractivity contribution in [2.75, 3.05) is 6.54 Å². The first-order valence-electron chi connectivity index (χ1n) is 7.52. The molecular weight excluding hydrogens is 281 g/mol. The lowest BCUT2D eigenvalue weighted by atomic mass is 10.0. The molecule has 0 bridgehead atoms. The van der Waals surface area contributed by atoms with Gasteiger partial charge in [0.25, 0.3) is 5.91 Å². The second-order valence-electron chi connectivity index (χ2n) is 6.09. The first kappa shape index (κ1) is 16.2. The Kier molecular flexibility index (Phi) is 4.96. The van der Waals surface area contributed by atoms with Gasteiger partial charge in [-0.2, -0.15) is 5.10 Å². The summed E-state index contributed by atoms with van der Waals surface area (Å²) >= 11 is 0. The minimum Gasteiger partial charge on any atom is -0.352 e. The average molecular weight is 303 g/mol. The van der Waals surface area contributed by atoms with Gasteiger partial charge in [0.05, 0.1) is 23.1 Å². The van der Waals surface area contributed by atoms with Crippen molar-refractivity contribution in [3.8, 4) is 5.69 Å². The van der Waals surface area contributed by atoms with Crippen LogP contribution >= 0.6 is 0 Å². The zero-order valence-corrected chi connectivity index (χ0v) is 13.4. The number of nitrogens with zero attached hydrogens (tertiary/aromatic N) is 2. The molecule has 0 unspecified atom stereocenters. The van der Waals surface area contributed by atoms with Crippen molar-refractivity contribution in [1.29, 1.82) is 0 Å². The van der Waals surface area contributed by atoms with Gasteiger partial charge in [0.15, 0.2) is 0 Å². The number of rotatable bonds is 5. The third-order valence-electron chi connectivity index (χ3n) is 3.34. The van der Waals surface area contributed by atoms with Crippen LogP contribution in [0.25, 0.3) is 5.69 Å². The van der Waals surface area contributed by atoms with E-state index >= 15 is 0 Å². The molecular formula is C17H22FN3O. The molecule has 0 radical (unpaired) electrons. The van der Waals surface area contributed by atoms with Crippen molar-refractivity contribution >= 4 is 5.91 Å². The maximum Gasteiger partial charge on any atom is 0.254 e. The second-order valence-corrected chi connectivity index (χ2v) is 6.09. The van der Waals surface area contributed by atoms with Crippen LogP contribution in [0.3, 0.4) is 0 Å². The van der Waals surface area contributed by atoms with Crippen molar-refractivity contribution in [1.82, 2.24) is 15.1 Å². The number of carbonyl (C=O) groups excluding carboxylic acids is 1. The molecule has 1 N–H and O–H groups in total. The zero-order valence-electron chi connectivity index (χ0n) is 13.4. The Morgan fingerprint density at radius 3 is 2.41 bits per heavy atom. The Morgan fingerprint density at radius 2 is 1.86 bits per heavy atom. The first-order valence-corrected chi connectivity index (χ1v) is 7.52. The van der Waals surface area contributed by atoms with Crippen molar-refractivity contribution < 1.29 is 9.18 Å². The summed E-state index contributed by atoms with van der Waals surface area (Å²) in [6.45, 7) is 8.74. The number of aromatic nitrogens is 2. The smallest absolute Gasteiger partial charge is 0.254 e. The van der Waals surface area contributed by atoms with E-state index in [9.17, 15) is 9.18 Å². The topological polar surface area (TPSA) is 46.9 Å². The molecule has 1 aromatic heterocycles. The van der Waals surface area contributed by atoms with Crippen LogP contribution in [-0.4, -0.2) is 22.2 Å². The molecule has 2 rings (SSSR count). The van der Waals surface area contributed by atoms with E-state index in [0.717, 1.165) is 11.4 Å². The Labute approximate surface area is 130 Å². The molecule has 118 valence electrons. The normalized spacial score (nSPS) is 11.2. The Balaban J connectivity index is 2.37. The highest BCUT2D eigenvalue weighted by atomic mass is 19.1. The lowest BCUT2D eigenvalue weighted by Gasteiger charge is -2.13.